The molecule has 0 aliphatic heterocycles. The number of carboxylic acid groups (broad SMARTS) is 1. The number of amides is 2. The number of carbonyl (C=O) groups excluding carboxylic acids is 1. The summed E-state index contributed by atoms with van der Waals surface area (Å²) in [6.45, 7) is 6.24. The van der Waals surface area contributed by atoms with Crippen LogP contribution in [0.25, 0.3) is 0 Å². The summed E-state index contributed by atoms with van der Waals surface area (Å²) in [6.07, 6.45) is 6.08. The zero-order valence-electron chi connectivity index (χ0n) is 10.9. The standard InChI is InChI=1S/C13H22N2O3/c1-3-8-15(9-11(16)17)12(18)14-10-13(4-2)6-5-7-13/h3H,1,4-10H2,2H3,(H,14,18)(H,16,17). The SMILES string of the molecule is C=CCN(CC(=O)O)C(=O)NCC1(CC)CCC1. The third kappa shape index (κ3) is 3.75. The monoisotopic (exact) mass is 254 g/mol. The molecule has 102 valence electrons. The lowest BCUT2D eigenvalue weighted by atomic mass is 9.67. The van der Waals surface area contributed by atoms with Crippen LogP contribution in [-0.4, -0.2) is 41.6 Å². The maximum absolute atomic E-state index is 11.9. The van der Waals surface area contributed by atoms with Gasteiger partial charge in [0.15, 0.2) is 0 Å². The zero-order valence-corrected chi connectivity index (χ0v) is 10.9. The van der Waals surface area contributed by atoms with E-state index < -0.39 is 5.97 Å². The predicted octanol–water partition coefficient (Wildman–Crippen LogP) is 1.85. The van der Waals surface area contributed by atoms with E-state index in [0.29, 0.717) is 6.54 Å². The second kappa shape index (κ2) is 6.42. The van der Waals surface area contributed by atoms with Crippen LogP contribution in [0.15, 0.2) is 12.7 Å². The Morgan fingerprint density at radius 2 is 2.17 bits per heavy atom. The molecule has 18 heavy (non-hydrogen) atoms. The lowest BCUT2D eigenvalue weighted by Crippen LogP contribution is -2.48. The molecule has 0 atom stereocenters. The van der Waals surface area contributed by atoms with Crippen molar-refractivity contribution in [1.82, 2.24) is 10.2 Å². The van der Waals surface area contributed by atoms with Crippen LogP contribution in [0.1, 0.15) is 32.6 Å². The molecule has 0 unspecified atom stereocenters. The summed E-state index contributed by atoms with van der Waals surface area (Å²) in [4.78, 5) is 23.8. The van der Waals surface area contributed by atoms with Gasteiger partial charge < -0.3 is 15.3 Å². The summed E-state index contributed by atoms with van der Waals surface area (Å²) in [6, 6.07) is -0.322. The molecule has 0 aromatic heterocycles. The molecule has 2 amide bonds. The van der Waals surface area contributed by atoms with Crippen molar-refractivity contribution < 1.29 is 14.7 Å². The van der Waals surface area contributed by atoms with E-state index in [1.807, 2.05) is 0 Å². The average molecular weight is 254 g/mol. The Bertz CT molecular complexity index is 319. The predicted molar refractivity (Wildman–Crippen MR) is 69.4 cm³/mol. The zero-order chi connectivity index (χ0) is 13.6. The van der Waals surface area contributed by atoms with Gasteiger partial charge in [-0.3, -0.25) is 4.79 Å². The van der Waals surface area contributed by atoms with Gasteiger partial charge in [0, 0.05) is 13.1 Å². The van der Waals surface area contributed by atoms with Crippen LogP contribution in [0.4, 0.5) is 4.79 Å². The van der Waals surface area contributed by atoms with Crippen molar-refractivity contribution in [3.8, 4) is 0 Å². The summed E-state index contributed by atoms with van der Waals surface area (Å²) in [5.74, 6) is -1.01. The van der Waals surface area contributed by atoms with Crippen LogP contribution in [0, 0.1) is 5.41 Å². The van der Waals surface area contributed by atoms with Gasteiger partial charge in [0.2, 0.25) is 0 Å². The van der Waals surface area contributed by atoms with Crippen LogP contribution >= 0.6 is 0 Å². The molecule has 1 saturated carbocycles. The number of aliphatic carboxylic acids is 1. The molecule has 1 aliphatic carbocycles. The van der Waals surface area contributed by atoms with Crippen LogP contribution in [0.3, 0.4) is 0 Å². The Balaban J connectivity index is 2.45. The van der Waals surface area contributed by atoms with Crippen LogP contribution in [0.5, 0.6) is 0 Å². The van der Waals surface area contributed by atoms with E-state index in [-0.39, 0.29) is 24.5 Å². The molecule has 0 radical (unpaired) electrons. The third-order valence-corrected chi connectivity index (χ3v) is 3.74. The molecule has 0 heterocycles. The van der Waals surface area contributed by atoms with Crippen molar-refractivity contribution in [3.05, 3.63) is 12.7 Å². The second-order valence-corrected chi connectivity index (χ2v) is 4.93. The Kier molecular flexibility index (Phi) is 5.19. The fourth-order valence-electron chi connectivity index (χ4n) is 2.25. The smallest absolute Gasteiger partial charge is 0.323 e. The molecule has 0 spiro atoms. The van der Waals surface area contributed by atoms with Gasteiger partial charge in [-0.1, -0.05) is 19.4 Å². The number of carbonyl (C=O) groups is 2. The molecule has 5 heteroatoms. The van der Waals surface area contributed by atoms with E-state index in [1.165, 1.54) is 17.4 Å². The first-order valence-corrected chi connectivity index (χ1v) is 6.38. The first-order valence-electron chi connectivity index (χ1n) is 6.38. The summed E-state index contributed by atoms with van der Waals surface area (Å²) < 4.78 is 0. The molecular formula is C13H22N2O3. The Hall–Kier alpha value is -1.52. The Labute approximate surface area is 108 Å². The van der Waals surface area contributed by atoms with Gasteiger partial charge in [-0.05, 0) is 24.7 Å². The van der Waals surface area contributed by atoms with Crippen molar-refractivity contribution in [2.24, 2.45) is 5.41 Å². The first-order chi connectivity index (χ1) is 8.53. The van der Waals surface area contributed by atoms with E-state index in [1.54, 1.807) is 0 Å². The highest BCUT2D eigenvalue weighted by Gasteiger charge is 2.35. The first kappa shape index (κ1) is 14.5. The minimum atomic E-state index is -1.01. The second-order valence-electron chi connectivity index (χ2n) is 4.93. The lowest BCUT2D eigenvalue weighted by molar-refractivity contribution is -0.137. The number of nitrogens with one attached hydrogen (secondary N) is 1. The van der Waals surface area contributed by atoms with E-state index in [0.717, 1.165) is 19.3 Å². The highest BCUT2D eigenvalue weighted by Crippen LogP contribution is 2.43. The van der Waals surface area contributed by atoms with E-state index in [2.05, 4.69) is 18.8 Å². The van der Waals surface area contributed by atoms with Crippen molar-refractivity contribution in [2.75, 3.05) is 19.6 Å². The third-order valence-electron chi connectivity index (χ3n) is 3.74. The molecule has 5 nitrogen and oxygen atoms in total. The molecule has 2 N–H and O–H groups in total. The molecule has 0 saturated heterocycles. The van der Waals surface area contributed by atoms with Crippen molar-refractivity contribution in [3.63, 3.8) is 0 Å². The summed E-state index contributed by atoms with van der Waals surface area (Å²) in [5, 5.41) is 11.6. The number of nitrogens with zero attached hydrogens (tertiary/aromatic N) is 1. The quantitative estimate of drug-likeness (QED) is 0.681. The van der Waals surface area contributed by atoms with Gasteiger partial charge in [-0.15, -0.1) is 6.58 Å². The summed E-state index contributed by atoms with van der Waals surface area (Å²) in [7, 11) is 0. The fourth-order valence-corrected chi connectivity index (χ4v) is 2.25. The van der Waals surface area contributed by atoms with E-state index in [9.17, 15) is 9.59 Å². The minimum absolute atomic E-state index is 0.235. The van der Waals surface area contributed by atoms with Gasteiger partial charge in [-0.2, -0.15) is 0 Å². The fraction of sp³-hybridized carbons (Fsp3) is 0.692. The molecule has 1 rings (SSSR count). The summed E-state index contributed by atoms with van der Waals surface area (Å²) >= 11 is 0. The molecule has 0 aromatic rings. The maximum atomic E-state index is 11.9. The largest absolute Gasteiger partial charge is 0.480 e. The number of carboxylic acids is 1. The van der Waals surface area contributed by atoms with Crippen LogP contribution < -0.4 is 5.32 Å². The Morgan fingerprint density at radius 3 is 2.56 bits per heavy atom. The number of hydrogen-bond acceptors (Lipinski definition) is 2. The number of hydrogen-bond donors (Lipinski definition) is 2. The van der Waals surface area contributed by atoms with Gasteiger partial charge >= 0.3 is 12.0 Å². The molecule has 1 aliphatic rings. The normalized spacial score (nSPS) is 16.5. The average Bonchev–Trinajstić information content (AvgIpc) is 2.27. The number of urea groups is 1. The van der Waals surface area contributed by atoms with Crippen molar-refractivity contribution in [1.29, 1.82) is 0 Å². The van der Waals surface area contributed by atoms with Crippen molar-refractivity contribution >= 4 is 12.0 Å². The van der Waals surface area contributed by atoms with E-state index in [4.69, 9.17) is 5.11 Å². The minimum Gasteiger partial charge on any atom is -0.480 e. The lowest BCUT2D eigenvalue weighted by Gasteiger charge is -2.41. The van der Waals surface area contributed by atoms with Crippen molar-refractivity contribution in [2.45, 2.75) is 32.6 Å². The van der Waals surface area contributed by atoms with Gasteiger partial charge in [0.1, 0.15) is 6.54 Å². The topological polar surface area (TPSA) is 69.6 Å². The van der Waals surface area contributed by atoms with Crippen LogP contribution in [-0.2, 0) is 4.79 Å². The van der Waals surface area contributed by atoms with Gasteiger partial charge in [0.05, 0.1) is 0 Å². The van der Waals surface area contributed by atoms with Crippen LogP contribution in [0.2, 0.25) is 0 Å². The highest BCUT2D eigenvalue weighted by atomic mass is 16.4. The van der Waals surface area contributed by atoms with Gasteiger partial charge in [-0.25, -0.2) is 4.79 Å². The highest BCUT2D eigenvalue weighted by molar-refractivity contribution is 5.80. The number of rotatable bonds is 7. The molecule has 0 aromatic carbocycles. The summed E-state index contributed by atoms with van der Waals surface area (Å²) in [5.41, 5.74) is 0.235. The maximum Gasteiger partial charge on any atom is 0.323 e. The molecule has 0 bridgehead atoms. The van der Waals surface area contributed by atoms with E-state index >= 15 is 0 Å². The van der Waals surface area contributed by atoms with Gasteiger partial charge in [0.25, 0.3) is 0 Å². The Morgan fingerprint density at radius 1 is 1.50 bits per heavy atom. The molecule has 1 fully saturated rings. The molecular weight excluding hydrogens is 232 g/mol.